The molecular weight excluding hydrogens is 292 g/mol. The molecule has 23 heavy (non-hydrogen) atoms. The molecule has 0 spiro atoms. The van der Waals surface area contributed by atoms with Gasteiger partial charge in [-0.15, -0.1) is 0 Å². The minimum absolute atomic E-state index is 0.0664. The van der Waals surface area contributed by atoms with E-state index in [2.05, 4.69) is 16.0 Å². The van der Waals surface area contributed by atoms with Gasteiger partial charge in [0.1, 0.15) is 5.82 Å². The monoisotopic (exact) mass is 308 g/mol. The summed E-state index contributed by atoms with van der Waals surface area (Å²) in [5.74, 6) is 0.376. The van der Waals surface area contributed by atoms with Crippen molar-refractivity contribution in [3.05, 3.63) is 61.9 Å². The minimum Gasteiger partial charge on any atom is -0.302 e. The quantitative estimate of drug-likeness (QED) is 0.760. The molecule has 2 aromatic heterocycles. The minimum atomic E-state index is -0.551. The number of rotatable bonds is 2. The van der Waals surface area contributed by atoms with Gasteiger partial charge in [-0.3, -0.25) is 14.8 Å². The molecule has 0 bridgehead atoms. The molecule has 0 saturated carbocycles. The van der Waals surface area contributed by atoms with Crippen LogP contribution in [0.2, 0.25) is 0 Å². The number of H-pyrrole nitrogens is 2. The topological polar surface area (TPSA) is 94.4 Å². The predicted molar refractivity (Wildman–Crippen MR) is 88.1 cm³/mol. The van der Waals surface area contributed by atoms with Crippen LogP contribution in [-0.2, 0) is 0 Å². The van der Waals surface area contributed by atoms with Gasteiger partial charge in [0, 0.05) is 11.6 Å². The second-order valence-electron chi connectivity index (χ2n) is 5.87. The lowest BCUT2D eigenvalue weighted by atomic mass is 10.1. The van der Waals surface area contributed by atoms with Crippen LogP contribution in [0.25, 0.3) is 16.7 Å². The van der Waals surface area contributed by atoms with E-state index in [9.17, 15) is 14.9 Å². The van der Waals surface area contributed by atoms with Crippen molar-refractivity contribution in [1.82, 2.24) is 14.5 Å². The molecule has 0 aliphatic heterocycles. The summed E-state index contributed by atoms with van der Waals surface area (Å²) in [5.41, 5.74) is 1.84. The molecular formula is C17H16N4O2. The molecule has 0 saturated heterocycles. The Hall–Kier alpha value is -3.07. The summed E-state index contributed by atoms with van der Waals surface area (Å²) in [6.07, 6.45) is 1.77. The fourth-order valence-electron chi connectivity index (χ4n) is 2.88. The molecule has 0 aliphatic carbocycles. The Balaban J connectivity index is 2.44. The second-order valence-corrected chi connectivity index (χ2v) is 5.87. The molecule has 0 unspecified atom stereocenters. The van der Waals surface area contributed by atoms with E-state index in [1.165, 1.54) is 0 Å². The number of aryl methyl sites for hydroxylation is 1. The summed E-state index contributed by atoms with van der Waals surface area (Å²) in [7, 11) is 0. The van der Waals surface area contributed by atoms with Crippen molar-refractivity contribution in [3.8, 4) is 11.9 Å². The van der Waals surface area contributed by atoms with Crippen molar-refractivity contribution in [2.24, 2.45) is 0 Å². The van der Waals surface area contributed by atoms with Gasteiger partial charge in [0.05, 0.1) is 22.7 Å². The zero-order valence-corrected chi connectivity index (χ0v) is 13.1. The molecule has 0 aliphatic rings. The number of fused-ring (bicyclic) bond motifs is 1. The maximum atomic E-state index is 12.2. The van der Waals surface area contributed by atoms with Crippen LogP contribution in [0, 0.1) is 18.3 Å². The lowest BCUT2D eigenvalue weighted by molar-refractivity contribution is 0.795. The van der Waals surface area contributed by atoms with Gasteiger partial charge in [-0.2, -0.15) is 5.26 Å². The first-order chi connectivity index (χ1) is 10.9. The summed E-state index contributed by atoms with van der Waals surface area (Å²) in [5, 5.41) is 10.1. The smallest absolute Gasteiger partial charge is 0.302 e. The Kier molecular flexibility index (Phi) is 3.41. The number of hydrogen-bond donors (Lipinski definition) is 2. The molecule has 6 heteroatoms. The molecule has 3 aromatic rings. The summed E-state index contributed by atoms with van der Waals surface area (Å²) >= 11 is 0. The van der Waals surface area contributed by atoms with E-state index >= 15 is 0 Å². The number of nitriles is 1. The van der Waals surface area contributed by atoms with E-state index in [1.807, 2.05) is 39.0 Å². The van der Waals surface area contributed by atoms with Crippen molar-refractivity contribution in [2.75, 3.05) is 0 Å². The number of hydrogen-bond acceptors (Lipinski definition) is 3. The maximum absolute atomic E-state index is 12.2. The highest BCUT2D eigenvalue weighted by molar-refractivity contribution is 5.88. The van der Waals surface area contributed by atoms with E-state index in [1.54, 1.807) is 10.8 Å². The fourth-order valence-corrected chi connectivity index (χ4v) is 2.88. The molecule has 0 atom stereocenters. The van der Waals surface area contributed by atoms with Crippen LogP contribution in [0.1, 0.15) is 36.5 Å². The summed E-state index contributed by atoms with van der Waals surface area (Å²) in [4.78, 5) is 28.9. The molecule has 0 fully saturated rings. The Labute approximate surface area is 132 Å². The highest BCUT2D eigenvalue weighted by Crippen LogP contribution is 2.26. The fraction of sp³-hybridized carbons (Fsp3) is 0.235. The predicted octanol–water partition coefficient (Wildman–Crippen LogP) is 2.31. The largest absolute Gasteiger partial charge is 0.327 e. The summed E-state index contributed by atoms with van der Waals surface area (Å²) in [6.45, 7) is 5.69. The molecule has 116 valence electrons. The number of benzene rings is 1. The third kappa shape index (κ3) is 2.36. The lowest BCUT2D eigenvalue weighted by Gasteiger charge is -2.13. The average Bonchev–Trinajstić information content (AvgIpc) is 2.88. The van der Waals surface area contributed by atoms with Crippen LogP contribution in [-0.4, -0.2) is 14.5 Å². The summed E-state index contributed by atoms with van der Waals surface area (Å²) < 4.78 is 1.76. The van der Waals surface area contributed by atoms with Crippen molar-refractivity contribution < 1.29 is 0 Å². The average molecular weight is 308 g/mol. The number of nitrogens with one attached hydrogen (secondary N) is 2. The van der Waals surface area contributed by atoms with Crippen molar-refractivity contribution >= 4 is 10.9 Å². The number of nitrogens with zero attached hydrogens (tertiary/aromatic N) is 2. The maximum Gasteiger partial charge on any atom is 0.327 e. The van der Waals surface area contributed by atoms with Crippen LogP contribution in [0.15, 0.2) is 34.0 Å². The van der Waals surface area contributed by atoms with Crippen LogP contribution in [0.4, 0.5) is 0 Å². The van der Waals surface area contributed by atoms with Gasteiger partial charge in [0.25, 0.3) is 5.56 Å². The van der Waals surface area contributed by atoms with Crippen molar-refractivity contribution in [3.63, 3.8) is 0 Å². The van der Waals surface area contributed by atoms with Gasteiger partial charge in [-0.05, 0) is 36.6 Å². The van der Waals surface area contributed by atoms with Gasteiger partial charge in [-0.25, -0.2) is 4.79 Å². The number of aromatic amines is 2. The third-order valence-corrected chi connectivity index (χ3v) is 3.85. The highest BCUT2D eigenvalue weighted by atomic mass is 16.2. The molecule has 0 radical (unpaired) electrons. The normalized spacial score (nSPS) is 11.1. The van der Waals surface area contributed by atoms with Gasteiger partial charge in [0.2, 0.25) is 0 Å². The SMILES string of the molecule is Cc1cc(C#N)c2ccn(-c3[nH]c(=O)[nH]c(=O)c3C(C)C)c2c1. The Morgan fingerprint density at radius 2 is 1.96 bits per heavy atom. The molecule has 3 rings (SSSR count). The second kappa shape index (κ2) is 5.29. The standard InChI is InChI=1S/C17H16N4O2/c1-9(2)14-15(19-17(23)20-16(14)22)21-5-4-12-11(8-18)6-10(3)7-13(12)21/h4-7,9H,1-3H3,(H2,19,20,22,23). The zero-order chi connectivity index (χ0) is 16.7. The highest BCUT2D eigenvalue weighted by Gasteiger charge is 2.17. The van der Waals surface area contributed by atoms with Gasteiger partial charge >= 0.3 is 5.69 Å². The van der Waals surface area contributed by atoms with E-state index in [-0.39, 0.29) is 5.92 Å². The van der Waals surface area contributed by atoms with Gasteiger partial charge in [-0.1, -0.05) is 13.8 Å². The third-order valence-electron chi connectivity index (χ3n) is 3.85. The van der Waals surface area contributed by atoms with E-state index < -0.39 is 11.2 Å². The van der Waals surface area contributed by atoms with Crippen LogP contribution >= 0.6 is 0 Å². The van der Waals surface area contributed by atoms with Crippen molar-refractivity contribution in [2.45, 2.75) is 26.7 Å². The lowest BCUT2D eigenvalue weighted by Crippen LogP contribution is -2.29. The Bertz CT molecular complexity index is 1060. The Morgan fingerprint density at radius 3 is 2.61 bits per heavy atom. The Morgan fingerprint density at radius 1 is 1.22 bits per heavy atom. The first-order valence-electron chi connectivity index (χ1n) is 7.31. The zero-order valence-electron chi connectivity index (χ0n) is 13.1. The number of aromatic nitrogens is 3. The van der Waals surface area contributed by atoms with E-state index in [0.29, 0.717) is 16.9 Å². The molecule has 0 amide bonds. The van der Waals surface area contributed by atoms with E-state index in [0.717, 1.165) is 16.5 Å². The first-order valence-corrected chi connectivity index (χ1v) is 7.31. The molecule has 6 nitrogen and oxygen atoms in total. The first kappa shape index (κ1) is 14.9. The molecule has 2 heterocycles. The van der Waals surface area contributed by atoms with E-state index in [4.69, 9.17) is 0 Å². The molecule has 2 N–H and O–H groups in total. The van der Waals surface area contributed by atoms with Crippen molar-refractivity contribution in [1.29, 1.82) is 5.26 Å². The van der Waals surface area contributed by atoms with Crippen LogP contribution in [0.3, 0.4) is 0 Å². The molecule has 1 aromatic carbocycles. The van der Waals surface area contributed by atoms with Crippen LogP contribution < -0.4 is 11.2 Å². The van der Waals surface area contributed by atoms with Gasteiger partial charge < -0.3 is 4.57 Å². The summed E-state index contributed by atoms with van der Waals surface area (Å²) in [6, 6.07) is 7.75. The van der Waals surface area contributed by atoms with Crippen LogP contribution in [0.5, 0.6) is 0 Å². The van der Waals surface area contributed by atoms with Gasteiger partial charge in [0.15, 0.2) is 0 Å².